The predicted octanol–water partition coefficient (Wildman–Crippen LogP) is 4.18. The van der Waals surface area contributed by atoms with E-state index in [0.717, 1.165) is 11.0 Å². The number of halogens is 4. The van der Waals surface area contributed by atoms with Crippen molar-refractivity contribution < 1.29 is 64.1 Å². The number of rotatable bonds is 8. The van der Waals surface area contributed by atoms with E-state index in [1.165, 1.54) is 33.2 Å². The van der Waals surface area contributed by atoms with Gasteiger partial charge in [-0.05, 0) is 90.3 Å². The third-order valence-electron chi connectivity index (χ3n) is 11.3. The van der Waals surface area contributed by atoms with Crippen molar-refractivity contribution in [3.63, 3.8) is 0 Å². The van der Waals surface area contributed by atoms with Crippen molar-refractivity contribution in [2.75, 3.05) is 13.7 Å². The second-order valence-electron chi connectivity index (χ2n) is 16.1. The van der Waals surface area contributed by atoms with Crippen molar-refractivity contribution in [1.82, 2.24) is 25.2 Å². The normalized spacial score (nSPS) is 29.4. The maximum atomic E-state index is 14.9. The highest BCUT2D eigenvalue weighted by Gasteiger charge is 2.63. The molecule has 7 atom stereocenters. The van der Waals surface area contributed by atoms with Crippen molar-refractivity contribution in [2.24, 2.45) is 5.92 Å². The molecule has 3 N–H and O–H groups in total. The van der Waals surface area contributed by atoms with E-state index in [4.69, 9.17) is 18.9 Å². The zero-order valence-corrected chi connectivity index (χ0v) is 33.6. The zero-order chi connectivity index (χ0) is 42.6. The second-order valence-corrected chi connectivity index (χ2v) is 18.3. The Balaban J connectivity index is 1.36. The minimum Gasteiger partial charge on any atom is -0.494 e. The number of nitrogens with one attached hydrogen (secondary N) is 3. The molecule has 4 amide bonds. The van der Waals surface area contributed by atoms with E-state index < -0.39 is 98.0 Å². The molecule has 0 spiro atoms. The Labute approximate surface area is 332 Å². The lowest BCUT2D eigenvalue weighted by atomic mass is 10.1. The van der Waals surface area contributed by atoms with Gasteiger partial charge in [-0.15, -0.1) is 0 Å². The van der Waals surface area contributed by atoms with E-state index in [1.807, 2.05) is 0 Å². The molecule has 3 heterocycles. The van der Waals surface area contributed by atoms with E-state index in [0.29, 0.717) is 44.9 Å². The average Bonchev–Trinajstić information content (AvgIpc) is 4.01. The number of hydrogen-bond donors (Lipinski definition) is 3. The molecular weight excluding hydrogens is 795 g/mol. The van der Waals surface area contributed by atoms with Gasteiger partial charge in [0.1, 0.15) is 23.7 Å². The topological polar surface area (TPSA) is 192 Å². The Morgan fingerprint density at radius 2 is 1.84 bits per heavy atom. The quantitative estimate of drug-likeness (QED) is 0.255. The largest absolute Gasteiger partial charge is 0.494 e. The van der Waals surface area contributed by atoms with Crippen LogP contribution in [-0.2, 0) is 33.9 Å². The van der Waals surface area contributed by atoms with Gasteiger partial charge in [0.25, 0.3) is 5.91 Å². The van der Waals surface area contributed by atoms with Crippen LogP contribution in [-0.4, -0.2) is 108 Å². The van der Waals surface area contributed by atoms with Gasteiger partial charge in [-0.1, -0.05) is 12.2 Å². The van der Waals surface area contributed by atoms with Crippen molar-refractivity contribution in [2.45, 2.75) is 126 Å². The molecule has 20 heteroatoms. The summed E-state index contributed by atoms with van der Waals surface area (Å²) in [5, 5.41) is 5.67. The van der Waals surface area contributed by atoms with Crippen LogP contribution in [0.1, 0.15) is 73.1 Å². The van der Waals surface area contributed by atoms with Crippen molar-refractivity contribution in [1.29, 1.82) is 0 Å². The minimum atomic E-state index is -4.97. The second kappa shape index (κ2) is 15.5. The molecule has 4 aliphatic rings. The molecule has 58 heavy (non-hydrogen) atoms. The van der Waals surface area contributed by atoms with Gasteiger partial charge in [0.05, 0.1) is 30.6 Å². The smallest absolute Gasteiger partial charge is 0.427 e. The Morgan fingerprint density at radius 3 is 2.50 bits per heavy atom. The number of carbonyl (C=O) groups excluding carboxylic acids is 4. The van der Waals surface area contributed by atoms with Crippen LogP contribution in [0.2, 0.25) is 0 Å². The first-order chi connectivity index (χ1) is 27.0. The number of hydrogen-bond acceptors (Lipinski definition) is 11. The minimum absolute atomic E-state index is 0.0368. The summed E-state index contributed by atoms with van der Waals surface area (Å²) in [5.41, 5.74) is -4.67. The number of carbonyl (C=O) groups is 4. The molecule has 2 aromatic rings. The van der Waals surface area contributed by atoms with Crippen LogP contribution in [0.5, 0.6) is 11.6 Å². The third-order valence-corrected chi connectivity index (χ3v) is 13.5. The highest BCUT2D eigenvalue weighted by Crippen LogP contribution is 2.47. The SMILES string of the molecule is COc1cc2ccnc(O[C@@H]3C[C@H]4C(=O)N[C@]5(C(=O)NS(=O)(=O)C6(C)CC6)C[C@H]5/C=C\CC[C@H](C)O[C@@H](C)[C@H](NC(=O)OC(C)(C)C(F)(F)F)C(=O)N4C3)c2cc1F. The molecular formula is C38H47F4N5O10S. The van der Waals surface area contributed by atoms with Crippen LogP contribution >= 0.6 is 0 Å². The van der Waals surface area contributed by atoms with Crippen LogP contribution in [0, 0.1) is 11.7 Å². The van der Waals surface area contributed by atoms with Crippen LogP contribution in [0.15, 0.2) is 36.5 Å². The van der Waals surface area contributed by atoms with Crippen molar-refractivity contribution >= 4 is 44.6 Å². The van der Waals surface area contributed by atoms with E-state index in [9.17, 15) is 45.2 Å². The summed E-state index contributed by atoms with van der Waals surface area (Å²) in [6.45, 7) is 5.55. The molecule has 318 valence electrons. The summed E-state index contributed by atoms with van der Waals surface area (Å²) in [5.74, 6) is -4.21. The standard InChI is InChI=1S/C38H47F4N5O10S/c1-20-9-7-8-10-23-18-37(23,33(50)46-58(52,53)36(5)12-13-36)45-30(48)27-16-24(56-31-25-17-26(39)28(54-6)15-22(25)11-14-43-31)19-47(27)32(49)29(21(2)55-20)44-34(51)57-35(3,4)38(40,41)42/h8,10-11,14-15,17,20-21,23-24,27,29H,7,9,12-13,16,18-19H2,1-6H3,(H,44,51)(H,45,48)(H,46,50)/b10-8-/t20-,21-,23+,24+,27-,29-,37+/m0/s1. The number of amides is 4. The Morgan fingerprint density at radius 1 is 1.14 bits per heavy atom. The lowest BCUT2D eigenvalue weighted by Crippen LogP contribution is -2.60. The van der Waals surface area contributed by atoms with Gasteiger partial charge in [0.15, 0.2) is 11.6 Å². The number of nitrogens with zero attached hydrogens (tertiary/aromatic N) is 2. The van der Waals surface area contributed by atoms with Gasteiger partial charge >= 0.3 is 12.3 Å². The van der Waals surface area contributed by atoms with Crippen molar-refractivity contribution in [3.8, 4) is 11.6 Å². The highest BCUT2D eigenvalue weighted by molar-refractivity contribution is 7.91. The zero-order valence-electron chi connectivity index (χ0n) is 32.8. The Hall–Kier alpha value is -4.72. The number of allylic oxidation sites excluding steroid dienone is 1. The maximum Gasteiger partial charge on any atom is 0.427 e. The van der Waals surface area contributed by atoms with E-state index in [-0.39, 0.29) is 36.4 Å². The molecule has 2 saturated carbocycles. The summed E-state index contributed by atoms with van der Waals surface area (Å²) in [6, 6.07) is 1.02. The summed E-state index contributed by atoms with van der Waals surface area (Å²) < 4.78 is 105. The molecule has 2 aliphatic carbocycles. The molecule has 1 aromatic heterocycles. The maximum absolute atomic E-state index is 14.9. The van der Waals surface area contributed by atoms with Crippen LogP contribution in [0.4, 0.5) is 22.4 Å². The number of pyridine rings is 1. The van der Waals surface area contributed by atoms with Gasteiger partial charge in [-0.25, -0.2) is 22.6 Å². The number of alkyl carbamates (subject to hydrolysis) is 1. The Kier molecular flexibility index (Phi) is 11.4. The lowest BCUT2D eigenvalue weighted by molar-refractivity contribution is -0.244. The monoisotopic (exact) mass is 841 g/mol. The molecule has 1 saturated heterocycles. The van der Waals surface area contributed by atoms with E-state index in [1.54, 1.807) is 25.1 Å². The molecule has 1 aromatic carbocycles. The van der Waals surface area contributed by atoms with E-state index in [2.05, 4.69) is 20.3 Å². The molecule has 15 nitrogen and oxygen atoms in total. The average molecular weight is 842 g/mol. The Bertz CT molecular complexity index is 2110. The number of methoxy groups -OCH3 is 1. The predicted molar refractivity (Wildman–Crippen MR) is 198 cm³/mol. The van der Waals surface area contributed by atoms with Crippen LogP contribution in [0.25, 0.3) is 10.8 Å². The van der Waals surface area contributed by atoms with Crippen molar-refractivity contribution in [3.05, 3.63) is 42.4 Å². The number of alkyl halides is 3. The lowest BCUT2D eigenvalue weighted by Gasteiger charge is -2.34. The number of fused-ring (bicyclic) bond motifs is 3. The number of benzene rings is 1. The first-order valence-corrected chi connectivity index (χ1v) is 20.4. The first-order valence-electron chi connectivity index (χ1n) is 18.9. The molecule has 0 radical (unpaired) electrons. The van der Waals surface area contributed by atoms with Gasteiger partial charge in [0.2, 0.25) is 33.3 Å². The van der Waals surface area contributed by atoms with Gasteiger partial charge in [-0.2, -0.15) is 13.2 Å². The number of sulfonamides is 1. The summed E-state index contributed by atoms with van der Waals surface area (Å²) in [7, 11) is -2.82. The number of aromatic nitrogens is 1. The third kappa shape index (κ3) is 8.53. The first kappa shape index (κ1) is 42.9. The van der Waals surface area contributed by atoms with Gasteiger partial charge < -0.3 is 34.5 Å². The fourth-order valence-corrected chi connectivity index (χ4v) is 8.42. The molecule has 0 bridgehead atoms. The summed E-state index contributed by atoms with van der Waals surface area (Å²) >= 11 is 0. The number of ether oxygens (including phenoxy) is 4. The molecule has 3 fully saturated rings. The van der Waals surface area contributed by atoms with Gasteiger partial charge in [0, 0.05) is 23.9 Å². The molecule has 0 unspecified atom stereocenters. The van der Waals surface area contributed by atoms with Crippen LogP contribution < -0.4 is 24.8 Å². The van der Waals surface area contributed by atoms with Gasteiger partial charge in [-0.3, -0.25) is 19.1 Å². The van der Waals surface area contributed by atoms with Crippen LogP contribution in [0.3, 0.4) is 0 Å². The fourth-order valence-electron chi connectivity index (χ4n) is 7.11. The van der Waals surface area contributed by atoms with E-state index >= 15 is 0 Å². The fraction of sp³-hybridized carbons (Fsp3) is 0.605. The molecule has 6 rings (SSSR count). The molecule has 2 aliphatic heterocycles. The summed E-state index contributed by atoms with van der Waals surface area (Å²) in [6.07, 6.45) is -3.22. The highest BCUT2D eigenvalue weighted by atomic mass is 32.2. The summed E-state index contributed by atoms with van der Waals surface area (Å²) in [4.78, 5) is 61.3.